The molecule has 8 heteroatoms. The van der Waals surface area contributed by atoms with Gasteiger partial charge in [-0.3, -0.25) is 4.57 Å². The SMILES string of the molecule is CC(C)(C)c1ccc(-c2oc3nc(=O)n([C@H]4C[C@H](O)[C@@H](CO)O4)cc3c2I)cc1. The van der Waals surface area contributed by atoms with Crippen molar-refractivity contribution in [2.45, 2.75) is 51.0 Å². The molecule has 3 heterocycles. The minimum Gasteiger partial charge on any atom is -0.436 e. The number of rotatable bonds is 3. The average Bonchev–Trinajstić information content (AvgIpc) is 3.20. The van der Waals surface area contributed by atoms with Crippen LogP contribution in [0.15, 0.2) is 39.7 Å². The maximum Gasteiger partial charge on any atom is 0.353 e. The van der Waals surface area contributed by atoms with E-state index in [-0.39, 0.29) is 24.2 Å². The van der Waals surface area contributed by atoms with E-state index in [4.69, 9.17) is 9.15 Å². The highest BCUT2D eigenvalue weighted by Crippen LogP contribution is 2.35. The van der Waals surface area contributed by atoms with E-state index in [1.165, 1.54) is 10.1 Å². The van der Waals surface area contributed by atoms with E-state index in [2.05, 4.69) is 60.5 Å². The number of aliphatic hydroxyl groups excluding tert-OH is 2. The van der Waals surface area contributed by atoms with Crippen molar-refractivity contribution in [2.24, 2.45) is 0 Å². The number of hydrogen-bond acceptors (Lipinski definition) is 6. The molecule has 0 spiro atoms. The summed E-state index contributed by atoms with van der Waals surface area (Å²) in [4.78, 5) is 16.6. The number of ether oxygens (including phenoxy) is 1. The summed E-state index contributed by atoms with van der Waals surface area (Å²) in [5.41, 5.74) is 1.94. The highest BCUT2D eigenvalue weighted by molar-refractivity contribution is 14.1. The van der Waals surface area contributed by atoms with Gasteiger partial charge in [0, 0.05) is 18.2 Å². The first-order valence-corrected chi connectivity index (χ1v) is 10.5. The van der Waals surface area contributed by atoms with Crippen LogP contribution in [0.5, 0.6) is 0 Å². The maximum atomic E-state index is 12.5. The first-order chi connectivity index (χ1) is 13.7. The van der Waals surface area contributed by atoms with Crippen molar-refractivity contribution >= 4 is 33.7 Å². The molecule has 1 aromatic carbocycles. The fourth-order valence-corrected chi connectivity index (χ4v) is 4.30. The highest BCUT2D eigenvalue weighted by atomic mass is 127. The summed E-state index contributed by atoms with van der Waals surface area (Å²) in [6.45, 7) is 6.18. The third kappa shape index (κ3) is 3.74. The van der Waals surface area contributed by atoms with E-state index in [0.29, 0.717) is 11.1 Å². The van der Waals surface area contributed by atoms with Crippen molar-refractivity contribution in [3.63, 3.8) is 0 Å². The Morgan fingerprint density at radius 1 is 1.28 bits per heavy atom. The van der Waals surface area contributed by atoms with Crippen LogP contribution in [0, 0.1) is 3.57 Å². The molecule has 1 saturated heterocycles. The quantitative estimate of drug-likeness (QED) is 0.526. The van der Waals surface area contributed by atoms with E-state index in [1.54, 1.807) is 6.20 Å². The van der Waals surface area contributed by atoms with Crippen LogP contribution in [0.1, 0.15) is 39.0 Å². The van der Waals surface area contributed by atoms with Crippen LogP contribution >= 0.6 is 22.6 Å². The van der Waals surface area contributed by atoms with E-state index < -0.39 is 24.1 Å². The van der Waals surface area contributed by atoms with Crippen LogP contribution < -0.4 is 5.69 Å². The van der Waals surface area contributed by atoms with Gasteiger partial charge in [-0.15, -0.1) is 0 Å². The maximum absolute atomic E-state index is 12.5. The first-order valence-electron chi connectivity index (χ1n) is 9.45. The predicted octanol–water partition coefficient (Wildman–Crippen LogP) is 3.20. The molecule has 0 bridgehead atoms. The molecule has 2 N–H and O–H groups in total. The van der Waals surface area contributed by atoms with E-state index in [0.717, 1.165) is 9.13 Å². The monoisotopic (exact) mass is 510 g/mol. The lowest BCUT2D eigenvalue weighted by molar-refractivity contribution is -0.0457. The number of fused-ring (bicyclic) bond motifs is 1. The minimum absolute atomic E-state index is 0.0579. The summed E-state index contributed by atoms with van der Waals surface area (Å²) >= 11 is 2.19. The third-order valence-corrected chi connectivity index (χ3v) is 6.33. The minimum atomic E-state index is -0.826. The summed E-state index contributed by atoms with van der Waals surface area (Å²) in [6.07, 6.45) is -0.337. The molecule has 0 saturated carbocycles. The van der Waals surface area contributed by atoms with Crippen LogP contribution in [-0.2, 0) is 10.2 Å². The van der Waals surface area contributed by atoms with Gasteiger partial charge >= 0.3 is 5.69 Å². The topological polar surface area (TPSA) is 97.7 Å². The largest absolute Gasteiger partial charge is 0.436 e. The molecule has 1 aliphatic heterocycles. The molecule has 4 rings (SSSR count). The van der Waals surface area contributed by atoms with Crippen LogP contribution in [-0.4, -0.2) is 38.6 Å². The summed E-state index contributed by atoms with van der Waals surface area (Å²) < 4.78 is 13.7. The number of benzene rings is 1. The lowest BCUT2D eigenvalue weighted by Crippen LogP contribution is -2.27. The lowest BCUT2D eigenvalue weighted by Gasteiger charge is -2.18. The fourth-order valence-electron chi connectivity index (χ4n) is 3.51. The Labute approximate surface area is 181 Å². The van der Waals surface area contributed by atoms with Gasteiger partial charge in [0.25, 0.3) is 0 Å². The first kappa shape index (κ1) is 20.5. The molecule has 0 radical (unpaired) electrons. The van der Waals surface area contributed by atoms with Gasteiger partial charge in [-0.1, -0.05) is 45.0 Å². The zero-order chi connectivity index (χ0) is 20.9. The Kier molecular flexibility index (Phi) is 5.30. The molecule has 1 aliphatic rings. The van der Waals surface area contributed by atoms with Crippen LogP contribution in [0.3, 0.4) is 0 Å². The van der Waals surface area contributed by atoms with Gasteiger partial charge in [-0.05, 0) is 33.6 Å². The Balaban J connectivity index is 1.74. The van der Waals surface area contributed by atoms with Crippen molar-refractivity contribution in [3.8, 4) is 11.3 Å². The zero-order valence-electron chi connectivity index (χ0n) is 16.4. The molecule has 1 fully saturated rings. The van der Waals surface area contributed by atoms with Crippen molar-refractivity contribution in [1.29, 1.82) is 0 Å². The van der Waals surface area contributed by atoms with Crippen LogP contribution in [0.2, 0.25) is 0 Å². The second-order valence-electron chi connectivity index (χ2n) is 8.34. The molecule has 7 nitrogen and oxygen atoms in total. The number of hydrogen-bond donors (Lipinski definition) is 2. The Hall–Kier alpha value is -1.75. The molecule has 154 valence electrons. The Morgan fingerprint density at radius 3 is 2.55 bits per heavy atom. The normalized spacial score (nSPS) is 22.5. The molecule has 0 amide bonds. The molecule has 2 aromatic heterocycles. The van der Waals surface area contributed by atoms with Crippen LogP contribution in [0.4, 0.5) is 0 Å². The summed E-state index contributed by atoms with van der Waals surface area (Å²) in [5.74, 6) is 0.659. The molecule has 29 heavy (non-hydrogen) atoms. The molecule has 0 aliphatic carbocycles. The fraction of sp³-hybridized carbons (Fsp3) is 0.429. The standard InChI is InChI=1S/C21H23IN2O5/c1-21(2,3)12-6-4-11(5-7-12)18-17(22)13-9-24(20(27)23-19(13)29-18)16-8-14(26)15(10-25)28-16/h4-7,9,14-16,25-26H,8,10H2,1-3H3/t14-,15+,16+/m0/s1. The second-order valence-corrected chi connectivity index (χ2v) is 9.42. The predicted molar refractivity (Wildman–Crippen MR) is 117 cm³/mol. The summed E-state index contributed by atoms with van der Waals surface area (Å²) in [7, 11) is 0. The van der Waals surface area contributed by atoms with Crippen molar-refractivity contribution in [1.82, 2.24) is 9.55 Å². The van der Waals surface area contributed by atoms with Crippen molar-refractivity contribution < 1.29 is 19.4 Å². The lowest BCUT2D eigenvalue weighted by atomic mass is 9.86. The van der Waals surface area contributed by atoms with Gasteiger partial charge in [-0.25, -0.2) is 4.79 Å². The third-order valence-electron chi connectivity index (χ3n) is 5.26. The van der Waals surface area contributed by atoms with Gasteiger partial charge in [0.1, 0.15) is 12.3 Å². The summed E-state index contributed by atoms with van der Waals surface area (Å²) in [6, 6.07) is 8.17. The summed E-state index contributed by atoms with van der Waals surface area (Å²) in [5, 5.41) is 20.0. The van der Waals surface area contributed by atoms with Gasteiger partial charge in [0.15, 0.2) is 5.76 Å². The van der Waals surface area contributed by atoms with Crippen molar-refractivity contribution in [2.75, 3.05) is 6.61 Å². The smallest absolute Gasteiger partial charge is 0.353 e. The van der Waals surface area contributed by atoms with Gasteiger partial charge < -0.3 is 19.4 Å². The molecular formula is C21H23IN2O5. The molecule has 3 aromatic rings. The number of nitrogens with zero attached hydrogens (tertiary/aromatic N) is 2. The highest BCUT2D eigenvalue weighted by Gasteiger charge is 2.35. The van der Waals surface area contributed by atoms with E-state index in [9.17, 15) is 15.0 Å². The Bertz CT molecular complexity index is 1100. The van der Waals surface area contributed by atoms with E-state index >= 15 is 0 Å². The molecule has 3 atom stereocenters. The van der Waals surface area contributed by atoms with Gasteiger partial charge in [-0.2, -0.15) is 4.98 Å². The average molecular weight is 510 g/mol. The van der Waals surface area contributed by atoms with Crippen LogP contribution in [0.25, 0.3) is 22.4 Å². The van der Waals surface area contributed by atoms with E-state index in [1.807, 2.05) is 12.1 Å². The van der Waals surface area contributed by atoms with Gasteiger partial charge in [0.05, 0.1) is 21.7 Å². The number of halogens is 1. The zero-order valence-corrected chi connectivity index (χ0v) is 18.6. The Morgan fingerprint density at radius 2 is 1.97 bits per heavy atom. The molecular weight excluding hydrogens is 487 g/mol. The molecule has 0 unspecified atom stereocenters. The number of aliphatic hydroxyl groups is 2. The van der Waals surface area contributed by atoms with Gasteiger partial charge in [0.2, 0.25) is 5.71 Å². The number of aromatic nitrogens is 2. The number of furan rings is 1. The van der Waals surface area contributed by atoms with Crippen molar-refractivity contribution in [3.05, 3.63) is 50.1 Å². The second kappa shape index (κ2) is 7.50.